The number of nitrogens with one attached hydrogen (secondary N) is 2. The lowest BCUT2D eigenvalue weighted by Gasteiger charge is -2.24. The third-order valence-corrected chi connectivity index (χ3v) is 6.37. The number of aliphatic imine (C=N–C) groups is 1. The first-order valence-corrected chi connectivity index (χ1v) is 11.6. The van der Waals surface area contributed by atoms with E-state index in [1.165, 1.54) is 0 Å². The molecule has 0 spiro atoms. The number of rotatable bonds is 3. The summed E-state index contributed by atoms with van der Waals surface area (Å²) in [5, 5.41) is 12.4. The van der Waals surface area contributed by atoms with E-state index in [9.17, 15) is 4.79 Å². The second-order valence-corrected chi connectivity index (χ2v) is 9.90. The van der Waals surface area contributed by atoms with Crippen LogP contribution in [-0.4, -0.2) is 58.7 Å². The van der Waals surface area contributed by atoms with E-state index in [4.69, 9.17) is 9.72 Å². The lowest BCUT2D eigenvalue weighted by molar-refractivity contribution is 0.0292. The van der Waals surface area contributed by atoms with Gasteiger partial charge in [-0.25, -0.2) is 14.8 Å². The number of aromatic nitrogens is 2. The Bertz CT molecular complexity index is 901. The maximum Gasteiger partial charge on any atom is 0.410 e. The van der Waals surface area contributed by atoms with Crippen molar-refractivity contribution in [3.63, 3.8) is 0 Å². The van der Waals surface area contributed by atoms with Crippen LogP contribution in [0.3, 0.4) is 0 Å². The summed E-state index contributed by atoms with van der Waals surface area (Å²) in [6.45, 7) is 8.79. The number of carbonyl (C=O) groups excluding carboxylic acids is 1. The van der Waals surface area contributed by atoms with E-state index in [0.29, 0.717) is 13.1 Å². The van der Waals surface area contributed by atoms with E-state index in [1.54, 1.807) is 27.6 Å². The first kappa shape index (κ1) is 20.1. The molecule has 1 amide bonds. The normalized spacial score (nSPS) is 19.6. The molecule has 2 aromatic heterocycles. The van der Waals surface area contributed by atoms with E-state index < -0.39 is 5.60 Å². The Labute approximate surface area is 178 Å². The number of carbonyl (C=O) groups is 1. The molecule has 8 nitrogen and oxygen atoms in total. The van der Waals surface area contributed by atoms with Crippen LogP contribution in [0.2, 0.25) is 0 Å². The van der Waals surface area contributed by atoms with Crippen LogP contribution in [0, 0.1) is 0 Å². The van der Waals surface area contributed by atoms with E-state index in [2.05, 4.69) is 20.6 Å². The molecule has 4 heterocycles. The average molecular weight is 435 g/mol. The van der Waals surface area contributed by atoms with Gasteiger partial charge in [-0.05, 0) is 33.6 Å². The molecule has 1 unspecified atom stereocenters. The quantitative estimate of drug-likeness (QED) is 0.764. The second-order valence-electron chi connectivity index (χ2n) is 8.16. The Morgan fingerprint density at radius 2 is 2.07 bits per heavy atom. The molecule has 0 radical (unpaired) electrons. The molecule has 2 N–H and O–H groups in total. The van der Waals surface area contributed by atoms with Gasteiger partial charge in [-0.1, -0.05) is 0 Å². The Hall–Kier alpha value is -2.20. The van der Waals surface area contributed by atoms with Gasteiger partial charge >= 0.3 is 6.09 Å². The lowest BCUT2D eigenvalue weighted by atomic mass is 10.1. The van der Waals surface area contributed by atoms with Crippen LogP contribution in [0.25, 0.3) is 11.4 Å². The summed E-state index contributed by atoms with van der Waals surface area (Å²) in [6.07, 6.45) is 1.72. The number of likely N-dealkylation sites (tertiary alicyclic amines) is 1. The van der Waals surface area contributed by atoms with E-state index in [1.807, 2.05) is 31.5 Å². The first-order valence-electron chi connectivity index (χ1n) is 9.82. The number of guanidine groups is 1. The Kier molecular flexibility index (Phi) is 5.73. The molecule has 0 saturated carbocycles. The minimum absolute atomic E-state index is 0.244. The van der Waals surface area contributed by atoms with Crippen molar-refractivity contribution in [2.75, 3.05) is 31.5 Å². The topological polar surface area (TPSA) is 91.7 Å². The first-order chi connectivity index (χ1) is 13.9. The Morgan fingerprint density at radius 1 is 1.28 bits per heavy atom. The molecule has 1 fully saturated rings. The number of anilines is 1. The monoisotopic (exact) mass is 434 g/mol. The molecule has 2 aliphatic rings. The van der Waals surface area contributed by atoms with Gasteiger partial charge in [0, 0.05) is 42.9 Å². The predicted octanol–water partition coefficient (Wildman–Crippen LogP) is 3.75. The summed E-state index contributed by atoms with van der Waals surface area (Å²) < 4.78 is 5.49. The highest BCUT2D eigenvalue weighted by atomic mass is 32.1. The summed E-state index contributed by atoms with van der Waals surface area (Å²) in [5.41, 5.74) is 1.26. The Balaban J connectivity index is 1.38. The zero-order valence-electron chi connectivity index (χ0n) is 16.9. The van der Waals surface area contributed by atoms with Gasteiger partial charge < -0.3 is 20.3 Å². The SMILES string of the molecule is CC(C)(C)OC(=O)N1CCC(c2nc(-c3csc(NC4=NCCCN4)n3)cs2)C1. The van der Waals surface area contributed by atoms with Crippen molar-refractivity contribution in [1.82, 2.24) is 20.2 Å². The molecular formula is C19H26N6O2S2. The van der Waals surface area contributed by atoms with Crippen molar-refractivity contribution in [3.8, 4) is 11.4 Å². The van der Waals surface area contributed by atoms with Crippen molar-refractivity contribution < 1.29 is 9.53 Å². The maximum absolute atomic E-state index is 12.3. The van der Waals surface area contributed by atoms with Crippen molar-refractivity contribution in [2.45, 2.75) is 45.1 Å². The lowest BCUT2D eigenvalue weighted by Crippen LogP contribution is -2.35. The van der Waals surface area contributed by atoms with Crippen LogP contribution in [-0.2, 0) is 4.74 Å². The number of thiazole rings is 2. The fourth-order valence-corrected chi connectivity index (χ4v) is 4.86. The van der Waals surface area contributed by atoms with Crippen LogP contribution < -0.4 is 10.6 Å². The van der Waals surface area contributed by atoms with Gasteiger partial charge in [-0.2, -0.15) is 0 Å². The van der Waals surface area contributed by atoms with Gasteiger partial charge in [-0.15, -0.1) is 22.7 Å². The zero-order chi connectivity index (χ0) is 20.4. The van der Waals surface area contributed by atoms with Crippen LogP contribution in [0.4, 0.5) is 9.93 Å². The summed E-state index contributed by atoms with van der Waals surface area (Å²) in [5.74, 6) is 1.03. The molecule has 29 heavy (non-hydrogen) atoms. The van der Waals surface area contributed by atoms with Crippen molar-refractivity contribution in [2.24, 2.45) is 4.99 Å². The molecule has 0 bridgehead atoms. The molecule has 4 rings (SSSR count). The van der Waals surface area contributed by atoms with Gasteiger partial charge in [0.05, 0.1) is 5.01 Å². The minimum Gasteiger partial charge on any atom is -0.444 e. The number of hydrogen-bond acceptors (Lipinski definition) is 9. The van der Waals surface area contributed by atoms with Gasteiger partial charge in [0.2, 0.25) is 0 Å². The second kappa shape index (κ2) is 8.27. The van der Waals surface area contributed by atoms with Crippen LogP contribution in [0.1, 0.15) is 44.5 Å². The average Bonchev–Trinajstić information content (AvgIpc) is 3.41. The van der Waals surface area contributed by atoms with Gasteiger partial charge in [0.15, 0.2) is 11.1 Å². The fraction of sp³-hybridized carbons (Fsp3) is 0.579. The molecule has 0 aliphatic carbocycles. The van der Waals surface area contributed by atoms with Crippen molar-refractivity contribution in [3.05, 3.63) is 15.8 Å². The molecule has 10 heteroatoms. The molecule has 156 valence electrons. The van der Waals surface area contributed by atoms with Gasteiger partial charge in [0.25, 0.3) is 0 Å². The van der Waals surface area contributed by atoms with Gasteiger partial charge in [-0.3, -0.25) is 4.99 Å². The summed E-state index contributed by atoms with van der Waals surface area (Å²) in [6, 6.07) is 0. The third-order valence-electron chi connectivity index (χ3n) is 4.60. The largest absolute Gasteiger partial charge is 0.444 e. The third kappa shape index (κ3) is 5.05. The smallest absolute Gasteiger partial charge is 0.410 e. The van der Waals surface area contributed by atoms with E-state index in [-0.39, 0.29) is 12.0 Å². The number of ether oxygens (including phenoxy) is 1. The van der Waals surface area contributed by atoms with Crippen LogP contribution in [0.15, 0.2) is 15.8 Å². The molecule has 1 saturated heterocycles. The van der Waals surface area contributed by atoms with Crippen LogP contribution in [0.5, 0.6) is 0 Å². The standard InChI is InChI=1S/C19H26N6O2S2/c1-19(2,3)27-18(26)25-8-5-12(9-25)15-22-13(10-28-15)14-11-29-17(23-14)24-16-20-6-4-7-21-16/h10-12H,4-9H2,1-3H3,(H2,20,21,23,24). The summed E-state index contributed by atoms with van der Waals surface area (Å²) in [4.78, 5) is 27.9. The summed E-state index contributed by atoms with van der Waals surface area (Å²) in [7, 11) is 0. The molecular weight excluding hydrogens is 408 g/mol. The Morgan fingerprint density at radius 3 is 2.83 bits per heavy atom. The predicted molar refractivity (Wildman–Crippen MR) is 117 cm³/mol. The molecule has 2 aromatic rings. The molecule has 0 aromatic carbocycles. The highest BCUT2D eigenvalue weighted by Gasteiger charge is 2.32. The summed E-state index contributed by atoms with van der Waals surface area (Å²) >= 11 is 3.17. The minimum atomic E-state index is -0.474. The fourth-order valence-electron chi connectivity index (χ4n) is 3.21. The van der Waals surface area contributed by atoms with Crippen molar-refractivity contribution >= 4 is 39.9 Å². The van der Waals surface area contributed by atoms with E-state index >= 15 is 0 Å². The number of hydrogen-bond donors (Lipinski definition) is 2. The zero-order valence-corrected chi connectivity index (χ0v) is 18.5. The molecule has 2 aliphatic heterocycles. The van der Waals surface area contributed by atoms with Gasteiger partial charge in [0.1, 0.15) is 17.0 Å². The van der Waals surface area contributed by atoms with E-state index in [0.717, 1.165) is 53.4 Å². The number of nitrogens with zero attached hydrogens (tertiary/aromatic N) is 4. The van der Waals surface area contributed by atoms with Crippen LogP contribution >= 0.6 is 22.7 Å². The maximum atomic E-state index is 12.3. The number of amides is 1. The highest BCUT2D eigenvalue weighted by Crippen LogP contribution is 2.33. The molecule has 1 atom stereocenters. The van der Waals surface area contributed by atoms with Crippen molar-refractivity contribution in [1.29, 1.82) is 0 Å². The highest BCUT2D eigenvalue weighted by molar-refractivity contribution is 7.14.